The molecule has 1 unspecified atom stereocenters. The van der Waals surface area contributed by atoms with Gasteiger partial charge in [0.1, 0.15) is 0 Å². The van der Waals surface area contributed by atoms with Crippen molar-refractivity contribution in [1.82, 2.24) is 0 Å². The van der Waals surface area contributed by atoms with Crippen molar-refractivity contribution < 1.29 is 27.8 Å². The van der Waals surface area contributed by atoms with Crippen LogP contribution >= 0.6 is 0 Å². The number of esters is 1. The molecule has 1 aromatic rings. The van der Waals surface area contributed by atoms with Crippen LogP contribution in [0.1, 0.15) is 46.0 Å². The Kier molecular flexibility index (Phi) is 7.22. The molecule has 1 aliphatic heterocycles. The molecule has 6 heteroatoms. The average Bonchev–Trinajstić information content (AvgIpc) is 2.61. The molecule has 0 radical (unpaired) electrons. The Bertz CT molecular complexity index is 628. The minimum absolute atomic E-state index is 0.124. The van der Waals surface area contributed by atoms with E-state index in [0.29, 0.717) is 13.0 Å². The Morgan fingerprint density at radius 1 is 1.24 bits per heavy atom. The summed E-state index contributed by atoms with van der Waals surface area (Å²) in [5.74, 6) is -2.34. The van der Waals surface area contributed by atoms with Crippen molar-refractivity contribution in [1.29, 1.82) is 0 Å². The second-order valence-corrected chi connectivity index (χ2v) is 5.97. The van der Waals surface area contributed by atoms with Crippen molar-refractivity contribution in [3.8, 4) is 11.5 Å². The molecular formula is C19H24F2O4. The summed E-state index contributed by atoms with van der Waals surface area (Å²) in [7, 11) is 0. The minimum atomic E-state index is -1.22. The number of allylic oxidation sites excluding steroid dienone is 2. The molecule has 0 saturated heterocycles. The van der Waals surface area contributed by atoms with Gasteiger partial charge in [-0.3, -0.25) is 4.79 Å². The average molecular weight is 354 g/mol. The van der Waals surface area contributed by atoms with Crippen LogP contribution in [0.15, 0.2) is 24.0 Å². The zero-order chi connectivity index (χ0) is 18.2. The molecule has 1 atom stereocenters. The van der Waals surface area contributed by atoms with Gasteiger partial charge in [-0.1, -0.05) is 6.92 Å². The first-order valence-electron chi connectivity index (χ1n) is 8.68. The first-order chi connectivity index (χ1) is 12.0. The first kappa shape index (κ1) is 19.2. The highest BCUT2D eigenvalue weighted by Gasteiger charge is 2.20. The summed E-state index contributed by atoms with van der Waals surface area (Å²) >= 11 is 0. The molecule has 0 bridgehead atoms. The number of hydrogen-bond acceptors (Lipinski definition) is 4. The maximum Gasteiger partial charge on any atom is 0.311 e. The normalized spacial score (nSPS) is 16.8. The first-order valence-corrected chi connectivity index (χ1v) is 8.68. The van der Waals surface area contributed by atoms with Gasteiger partial charge < -0.3 is 14.2 Å². The third kappa shape index (κ3) is 5.44. The van der Waals surface area contributed by atoms with Crippen molar-refractivity contribution in [3.63, 3.8) is 0 Å². The quantitative estimate of drug-likeness (QED) is 0.498. The summed E-state index contributed by atoms with van der Waals surface area (Å²) in [6, 6.07) is 2.45. The van der Waals surface area contributed by atoms with Crippen LogP contribution in [0, 0.1) is 17.6 Å². The molecule has 0 fully saturated rings. The smallest absolute Gasteiger partial charge is 0.311 e. The summed E-state index contributed by atoms with van der Waals surface area (Å²) in [6.07, 6.45) is 5.58. The summed E-state index contributed by atoms with van der Waals surface area (Å²) in [5.41, 5.74) is 0. The van der Waals surface area contributed by atoms with Gasteiger partial charge in [-0.25, -0.2) is 0 Å². The lowest BCUT2D eigenvalue weighted by molar-refractivity contribution is -0.135. The maximum absolute atomic E-state index is 13.9. The van der Waals surface area contributed by atoms with Gasteiger partial charge in [0.05, 0.1) is 19.0 Å². The fourth-order valence-electron chi connectivity index (χ4n) is 2.63. The van der Waals surface area contributed by atoms with Crippen molar-refractivity contribution >= 4 is 5.97 Å². The molecule has 0 aromatic heterocycles. The molecule has 2 rings (SSSR count). The van der Waals surface area contributed by atoms with Gasteiger partial charge in [0.25, 0.3) is 0 Å². The number of carbonyl (C=O) groups excluding carboxylic acids is 1. The van der Waals surface area contributed by atoms with Crippen molar-refractivity contribution in [2.24, 2.45) is 5.92 Å². The Balaban J connectivity index is 1.84. The number of carbonyl (C=O) groups is 1. The fraction of sp³-hybridized carbons (Fsp3) is 0.526. The van der Waals surface area contributed by atoms with Crippen LogP contribution in [0.3, 0.4) is 0 Å². The van der Waals surface area contributed by atoms with E-state index in [1.54, 1.807) is 6.92 Å². The second kappa shape index (κ2) is 9.39. The van der Waals surface area contributed by atoms with E-state index in [1.807, 2.05) is 0 Å². The topological polar surface area (TPSA) is 44.8 Å². The third-order valence-electron chi connectivity index (χ3n) is 3.97. The van der Waals surface area contributed by atoms with Crippen LogP contribution in [0.2, 0.25) is 0 Å². The van der Waals surface area contributed by atoms with E-state index in [1.165, 1.54) is 12.1 Å². The van der Waals surface area contributed by atoms with Crippen LogP contribution in [0.4, 0.5) is 8.78 Å². The Morgan fingerprint density at radius 2 is 1.96 bits per heavy atom. The number of halogens is 2. The molecular weight excluding hydrogens is 330 g/mol. The molecule has 1 aliphatic rings. The highest BCUT2D eigenvalue weighted by atomic mass is 19.2. The SMILES string of the molecule is CCCC1=CCC(CCC(=O)Oc2ccc(OCC)c(F)c2F)CO1. The number of ether oxygens (including phenoxy) is 3. The maximum atomic E-state index is 13.9. The van der Waals surface area contributed by atoms with E-state index in [-0.39, 0.29) is 24.7 Å². The lowest BCUT2D eigenvalue weighted by atomic mass is 9.97. The Hall–Kier alpha value is -2.11. The van der Waals surface area contributed by atoms with Crippen LogP contribution in [-0.4, -0.2) is 19.2 Å². The summed E-state index contributed by atoms with van der Waals surface area (Å²) < 4.78 is 43.2. The molecule has 0 saturated carbocycles. The van der Waals surface area contributed by atoms with Crippen molar-refractivity contribution in [2.45, 2.75) is 46.0 Å². The zero-order valence-electron chi connectivity index (χ0n) is 14.6. The van der Waals surface area contributed by atoms with Gasteiger partial charge in [-0.2, -0.15) is 8.78 Å². The fourth-order valence-corrected chi connectivity index (χ4v) is 2.63. The summed E-state index contributed by atoms with van der Waals surface area (Å²) in [6.45, 7) is 4.55. The molecule has 4 nitrogen and oxygen atoms in total. The number of hydrogen-bond donors (Lipinski definition) is 0. The Morgan fingerprint density at radius 3 is 2.60 bits per heavy atom. The van der Waals surface area contributed by atoms with Crippen LogP contribution < -0.4 is 9.47 Å². The monoisotopic (exact) mass is 354 g/mol. The molecule has 138 valence electrons. The number of benzene rings is 1. The van der Waals surface area contributed by atoms with Crippen molar-refractivity contribution in [2.75, 3.05) is 13.2 Å². The van der Waals surface area contributed by atoms with Gasteiger partial charge in [-0.15, -0.1) is 0 Å². The lowest BCUT2D eigenvalue weighted by Gasteiger charge is -2.22. The highest BCUT2D eigenvalue weighted by Crippen LogP contribution is 2.28. The molecule has 0 aliphatic carbocycles. The molecule has 0 spiro atoms. The lowest BCUT2D eigenvalue weighted by Crippen LogP contribution is -2.17. The predicted octanol–water partition coefficient (Wildman–Crippen LogP) is 4.77. The van der Waals surface area contributed by atoms with E-state index in [4.69, 9.17) is 14.2 Å². The third-order valence-corrected chi connectivity index (χ3v) is 3.97. The Labute approximate surface area is 146 Å². The predicted molar refractivity (Wildman–Crippen MR) is 89.4 cm³/mol. The molecule has 1 aromatic carbocycles. The van der Waals surface area contributed by atoms with Gasteiger partial charge in [-0.05, 0) is 50.3 Å². The molecule has 1 heterocycles. The van der Waals surface area contributed by atoms with E-state index in [0.717, 1.165) is 25.0 Å². The standard InChI is InChI=1S/C19H24F2O4/c1-3-5-14-8-6-13(12-24-14)7-11-17(22)25-16-10-9-15(23-4-2)18(20)19(16)21/h8-10,13H,3-7,11-12H2,1-2H3. The van der Waals surface area contributed by atoms with Crippen molar-refractivity contribution in [3.05, 3.63) is 35.6 Å². The zero-order valence-corrected chi connectivity index (χ0v) is 14.6. The van der Waals surface area contributed by atoms with E-state index in [2.05, 4.69) is 13.0 Å². The molecule has 0 N–H and O–H groups in total. The van der Waals surface area contributed by atoms with E-state index < -0.39 is 23.4 Å². The van der Waals surface area contributed by atoms with Crippen LogP contribution in [0.25, 0.3) is 0 Å². The molecule has 25 heavy (non-hydrogen) atoms. The summed E-state index contributed by atoms with van der Waals surface area (Å²) in [5, 5.41) is 0. The van der Waals surface area contributed by atoms with Crippen LogP contribution in [-0.2, 0) is 9.53 Å². The second-order valence-electron chi connectivity index (χ2n) is 5.97. The molecule has 0 amide bonds. The highest BCUT2D eigenvalue weighted by molar-refractivity contribution is 5.72. The van der Waals surface area contributed by atoms with Gasteiger partial charge in [0.2, 0.25) is 11.6 Å². The van der Waals surface area contributed by atoms with E-state index >= 15 is 0 Å². The van der Waals surface area contributed by atoms with Gasteiger partial charge in [0.15, 0.2) is 11.5 Å². The van der Waals surface area contributed by atoms with Gasteiger partial charge >= 0.3 is 5.97 Å². The summed E-state index contributed by atoms with van der Waals surface area (Å²) in [4.78, 5) is 11.9. The van der Waals surface area contributed by atoms with Crippen LogP contribution in [0.5, 0.6) is 11.5 Å². The van der Waals surface area contributed by atoms with E-state index in [9.17, 15) is 13.6 Å². The largest absolute Gasteiger partial charge is 0.498 e. The minimum Gasteiger partial charge on any atom is -0.498 e. The number of rotatable bonds is 8. The van der Waals surface area contributed by atoms with Gasteiger partial charge in [0, 0.05) is 12.8 Å².